The van der Waals surface area contributed by atoms with Crippen molar-refractivity contribution in [3.63, 3.8) is 0 Å². The molecule has 2 aliphatic heterocycles. The Hall–Kier alpha value is -1.27. The van der Waals surface area contributed by atoms with Crippen molar-refractivity contribution >= 4 is 9.84 Å². The van der Waals surface area contributed by atoms with Gasteiger partial charge in [0.1, 0.15) is 13.2 Å². The smallest absolute Gasteiger partial charge is 0.161 e. The minimum atomic E-state index is -2.85. The average molecular weight is 325 g/mol. The zero-order valence-electron chi connectivity index (χ0n) is 13.0. The minimum Gasteiger partial charge on any atom is -0.486 e. The summed E-state index contributed by atoms with van der Waals surface area (Å²) in [7, 11) is -2.85. The van der Waals surface area contributed by atoms with Crippen LogP contribution in [0, 0.1) is 0 Å². The summed E-state index contributed by atoms with van der Waals surface area (Å²) in [6, 6.07) is 6.14. The van der Waals surface area contributed by atoms with E-state index >= 15 is 0 Å². The van der Waals surface area contributed by atoms with Crippen LogP contribution in [-0.2, 0) is 16.4 Å². The summed E-state index contributed by atoms with van der Waals surface area (Å²) in [6.45, 7) is 4.96. The molecule has 1 fully saturated rings. The molecule has 0 amide bonds. The minimum absolute atomic E-state index is 0.137. The molecule has 0 aliphatic carbocycles. The molecule has 1 unspecified atom stereocenters. The van der Waals surface area contributed by atoms with E-state index in [2.05, 4.69) is 11.8 Å². The van der Waals surface area contributed by atoms with Gasteiger partial charge in [-0.15, -0.1) is 0 Å². The third-order valence-electron chi connectivity index (χ3n) is 4.23. The number of fused-ring (bicyclic) bond motifs is 1. The fourth-order valence-electron chi connectivity index (χ4n) is 3.16. The first-order valence-electron chi connectivity index (χ1n) is 7.90. The molecule has 0 bridgehead atoms. The number of rotatable bonds is 5. The zero-order chi connectivity index (χ0) is 15.6. The molecule has 3 rings (SSSR count). The summed E-state index contributed by atoms with van der Waals surface area (Å²) < 4.78 is 34.6. The molecule has 1 aromatic rings. The number of sulfone groups is 1. The number of ether oxygens (including phenoxy) is 2. The monoisotopic (exact) mass is 325 g/mol. The molecular formula is C16H23NO4S. The second-order valence-electron chi connectivity index (χ2n) is 6.01. The summed E-state index contributed by atoms with van der Waals surface area (Å²) >= 11 is 0. The van der Waals surface area contributed by atoms with Gasteiger partial charge in [0, 0.05) is 12.6 Å². The van der Waals surface area contributed by atoms with Gasteiger partial charge in [0.25, 0.3) is 0 Å². The zero-order valence-corrected chi connectivity index (χ0v) is 13.8. The largest absolute Gasteiger partial charge is 0.486 e. The van der Waals surface area contributed by atoms with Crippen molar-refractivity contribution in [3.8, 4) is 11.5 Å². The predicted octanol–water partition coefficient (Wildman–Crippen LogP) is 1.86. The van der Waals surface area contributed by atoms with E-state index in [0.29, 0.717) is 19.0 Å². The van der Waals surface area contributed by atoms with Crippen molar-refractivity contribution in [2.24, 2.45) is 0 Å². The lowest BCUT2D eigenvalue weighted by Gasteiger charge is -2.28. The van der Waals surface area contributed by atoms with Crippen LogP contribution >= 0.6 is 0 Å². The number of hydrogen-bond donors (Lipinski definition) is 0. The Kier molecular flexibility index (Phi) is 4.59. The summed E-state index contributed by atoms with van der Waals surface area (Å²) in [5.74, 6) is 2.19. The van der Waals surface area contributed by atoms with Crippen LogP contribution in [0.15, 0.2) is 18.2 Å². The fraction of sp³-hybridized carbons (Fsp3) is 0.625. The van der Waals surface area contributed by atoms with Crippen LogP contribution in [0.4, 0.5) is 0 Å². The van der Waals surface area contributed by atoms with Gasteiger partial charge in [-0.2, -0.15) is 0 Å². The highest BCUT2D eigenvalue weighted by Gasteiger charge is 2.32. The fourth-order valence-corrected chi connectivity index (χ4v) is 4.92. The summed E-state index contributed by atoms with van der Waals surface area (Å²) in [6.07, 6.45) is 1.76. The highest BCUT2D eigenvalue weighted by Crippen LogP contribution is 2.31. The lowest BCUT2D eigenvalue weighted by Crippen LogP contribution is -2.36. The van der Waals surface area contributed by atoms with E-state index in [1.165, 1.54) is 0 Å². The van der Waals surface area contributed by atoms with Gasteiger partial charge in [0.05, 0.1) is 11.5 Å². The second-order valence-corrected chi connectivity index (χ2v) is 8.23. The van der Waals surface area contributed by atoms with Gasteiger partial charge in [-0.3, -0.25) is 4.90 Å². The van der Waals surface area contributed by atoms with Crippen LogP contribution in [0.25, 0.3) is 0 Å². The van der Waals surface area contributed by atoms with E-state index in [0.717, 1.165) is 43.0 Å². The Balaban J connectivity index is 1.73. The Bertz CT molecular complexity index is 629. The molecule has 1 aromatic carbocycles. The third kappa shape index (κ3) is 3.55. The first-order valence-corrected chi connectivity index (χ1v) is 9.72. The van der Waals surface area contributed by atoms with Crippen molar-refractivity contribution in [2.75, 3.05) is 31.3 Å². The lowest BCUT2D eigenvalue weighted by molar-refractivity contribution is 0.170. The molecule has 1 saturated heterocycles. The van der Waals surface area contributed by atoms with Gasteiger partial charge in [0.2, 0.25) is 0 Å². The first kappa shape index (κ1) is 15.6. The second kappa shape index (κ2) is 6.46. The van der Waals surface area contributed by atoms with E-state index in [9.17, 15) is 8.42 Å². The maximum atomic E-state index is 11.7. The van der Waals surface area contributed by atoms with Gasteiger partial charge in [-0.25, -0.2) is 8.42 Å². The van der Waals surface area contributed by atoms with E-state index in [4.69, 9.17) is 9.47 Å². The van der Waals surface area contributed by atoms with Crippen molar-refractivity contribution in [1.29, 1.82) is 0 Å². The maximum Gasteiger partial charge on any atom is 0.161 e. The molecule has 0 aromatic heterocycles. The van der Waals surface area contributed by atoms with Crippen LogP contribution < -0.4 is 9.47 Å². The molecule has 2 aliphatic rings. The van der Waals surface area contributed by atoms with E-state index in [-0.39, 0.29) is 11.8 Å². The van der Waals surface area contributed by atoms with Crippen LogP contribution in [0.2, 0.25) is 0 Å². The van der Waals surface area contributed by atoms with Crippen molar-refractivity contribution in [2.45, 2.75) is 32.4 Å². The van der Waals surface area contributed by atoms with Gasteiger partial charge in [-0.1, -0.05) is 13.0 Å². The van der Waals surface area contributed by atoms with Gasteiger partial charge >= 0.3 is 0 Å². The van der Waals surface area contributed by atoms with Crippen LogP contribution in [0.1, 0.15) is 25.3 Å². The molecule has 5 nitrogen and oxygen atoms in total. The van der Waals surface area contributed by atoms with E-state index in [1.54, 1.807) is 0 Å². The van der Waals surface area contributed by atoms with E-state index < -0.39 is 9.84 Å². The van der Waals surface area contributed by atoms with Crippen LogP contribution in [-0.4, -0.2) is 50.6 Å². The third-order valence-corrected chi connectivity index (χ3v) is 5.98. The Morgan fingerprint density at radius 3 is 2.68 bits per heavy atom. The van der Waals surface area contributed by atoms with Crippen molar-refractivity contribution < 1.29 is 17.9 Å². The van der Waals surface area contributed by atoms with Gasteiger partial charge in [0.15, 0.2) is 21.3 Å². The summed E-state index contributed by atoms with van der Waals surface area (Å²) in [4.78, 5) is 2.29. The Morgan fingerprint density at radius 1 is 1.23 bits per heavy atom. The van der Waals surface area contributed by atoms with E-state index in [1.807, 2.05) is 18.2 Å². The molecule has 1 atom stereocenters. The summed E-state index contributed by atoms with van der Waals surface area (Å²) in [5, 5.41) is 0. The molecule has 0 saturated carbocycles. The molecular weight excluding hydrogens is 302 g/mol. The molecule has 6 heteroatoms. The molecule has 2 heterocycles. The molecule has 22 heavy (non-hydrogen) atoms. The number of hydrogen-bond acceptors (Lipinski definition) is 5. The SMILES string of the molecule is CCCN(Cc1ccc2c(c1)OCCO2)C1CCS(=O)(=O)C1. The predicted molar refractivity (Wildman–Crippen MR) is 85.2 cm³/mol. The normalized spacial score (nSPS) is 22.9. The Labute approximate surface area is 132 Å². The van der Waals surface area contributed by atoms with Crippen molar-refractivity contribution in [1.82, 2.24) is 4.90 Å². The molecule has 0 N–H and O–H groups in total. The standard InChI is InChI=1S/C16H23NO4S/c1-2-6-17(14-5-9-22(18,19)12-14)11-13-3-4-15-16(10-13)21-8-7-20-15/h3-4,10,14H,2,5-9,11-12H2,1H3. The first-order chi connectivity index (χ1) is 10.6. The summed E-state index contributed by atoms with van der Waals surface area (Å²) in [5.41, 5.74) is 1.14. The average Bonchev–Trinajstić information content (AvgIpc) is 2.87. The number of benzene rings is 1. The van der Waals surface area contributed by atoms with Crippen LogP contribution in [0.3, 0.4) is 0 Å². The molecule has 122 valence electrons. The maximum absolute atomic E-state index is 11.7. The molecule has 0 spiro atoms. The Morgan fingerprint density at radius 2 is 2.00 bits per heavy atom. The highest BCUT2D eigenvalue weighted by molar-refractivity contribution is 7.91. The van der Waals surface area contributed by atoms with Gasteiger partial charge < -0.3 is 9.47 Å². The van der Waals surface area contributed by atoms with Gasteiger partial charge in [-0.05, 0) is 37.1 Å². The van der Waals surface area contributed by atoms with Crippen molar-refractivity contribution in [3.05, 3.63) is 23.8 Å². The van der Waals surface area contributed by atoms with Crippen LogP contribution in [0.5, 0.6) is 11.5 Å². The molecule has 0 radical (unpaired) electrons. The lowest BCUT2D eigenvalue weighted by atomic mass is 10.1. The topological polar surface area (TPSA) is 55.8 Å². The highest BCUT2D eigenvalue weighted by atomic mass is 32.2. The quantitative estimate of drug-likeness (QED) is 0.827. The number of nitrogens with zero attached hydrogens (tertiary/aromatic N) is 1.